The molecular weight excluding hydrogens is 208 g/mol. The Morgan fingerprint density at radius 3 is 2.75 bits per heavy atom. The van der Waals surface area contributed by atoms with Crippen LogP contribution in [-0.2, 0) is 9.59 Å². The molecule has 1 saturated heterocycles. The van der Waals surface area contributed by atoms with Crippen LogP contribution < -0.4 is 5.32 Å². The van der Waals surface area contributed by atoms with Crippen LogP contribution in [0, 0.1) is 0 Å². The molecule has 0 radical (unpaired) electrons. The molecule has 2 unspecified atom stereocenters. The average molecular weight is 228 g/mol. The fraction of sp³-hybridized carbons (Fsp3) is 0.818. The van der Waals surface area contributed by atoms with Gasteiger partial charge in [0, 0.05) is 6.04 Å². The van der Waals surface area contributed by atoms with E-state index in [4.69, 9.17) is 5.11 Å². The molecule has 5 heteroatoms. The van der Waals surface area contributed by atoms with Crippen molar-refractivity contribution < 1.29 is 14.7 Å². The van der Waals surface area contributed by atoms with E-state index in [1.54, 1.807) is 0 Å². The number of carbonyl (C=O) groups excluding carboxylic acids is 1. The summed E-state index contributed by atoms with van der Waals surface area (Å²) >= 11 is 0. The lowest BCUT2D eigenvalue weighted by atomic mass is 10.0. The van der Waals surface area contributed by atoms with Crippen molar-refractivity contribution in [2.24, 2.45) is 0 Å². The molecule has 1 amide bonds. The van der Waals surface area contributed by atoms with Crippen molar-refractivity contribution in [2.45, 2.75) is 45.2 Å². The number of carbonyl (C=O) groups is 2. The average Bonchev–Trinajstić information content (AvgIpc) is 2.25. The maximum Gasteiger partial charge on any atom is 0.322 e. The number of nitrogens with one attached hydrogen (secondary N) is 1. The SMILES string of the molecule is CC1CCCCN1C(C)C(=O)NCC(=O)O. The Bertz CT molecular complexity index is 268. The summed E-state index contributed by atoms with van der Waals surface area (Å²) in [5.41, 5.74) is 0. The molecule has 1 fully saturated rings. The van der Waals surface area contributed by atoms with E-state index in [9.17, 15) is 9.59 Å². The summed E-state index contributed by atoms with van der Waals surface area (Å²) in [6, 6.07) is 0.161. The lowest BCUT2D eigenvalue weighted by Crippen LogP contribution is -2.51. The number of carboxylic acid groups (broad SMARTS) is 1. The van der Waals surface area contributed by atoms with Gasteiger partial charge in [-0.15, -0.1) is 0 Å². The summed E-state index contributed by atoms with van der Waals surface area (Å²) in [6.45, 7) is 4.56. The number of carboxylic acids is 1. The molecule has 0 spiro atoms. The summed E-state index contributed by atoms with van der Waals surface area (Å²) < 4.78 is 0. The molecule has 0 aromatic carbocycles. The summed E-state index contributed by atoms with van der Waals surface area (Å²) in [7, 11) is 0. The van der Waals surface area contributed by atoms with Gasteiger partial charge in [0.15, 0.2) is 0 Å². The third kappa shape index (κ3) is 3.48. The van der Waals surface area contributed by atoms with Crippen LogP contribution in [0.4, 0.5) is 0 Å². The molecular formula is C11H20N2O3. The number of aliphatic carboxylic acids is 1. The highest BCUT2D eigenvalue weighted by molar-refractivity contribution is 5.84. The number of nitrogens with zero attached hydrogens (tertiary/aromatic N) is 1. The molecule has 0 aliphatic carbocycles. The first-order chi connectivity index (χ1) is 7.52. The predicted molar refractivity (Wildman–Crippen MR) is 60.1 cm³/mol. The maximum absolute atomic E-state index is 11.7. The second-order valence-electron chi connectivity index (χ2n) is 4.37. The second kappa shape index (κ2) is 5.84. The lowest BCUT2D eigenvalue weighted by molar-refractivity contribution is -0.139. The van der Waals surface area contributed by atoms with Gasteiger partial charge < -0.3 is 10.4 Å². The van der Waals surface area contributed by atoms with E-state index < -0.39 is 5.97 Å². The van der Waals surface area contributed by atoms with E-state index in [1.165, 1.54) is 6.42 Å². The lowest BCUT2D eigenvalue weighted by Gasteiger charge is -2.37. The fourth-order valence-electron chi connectivity index (χ4n) is 2.16. The highest BCUT2D eigenvalue weighted by atomic mass is 16.4. The smallest absolute Gasteiger partial charge is 0.322 e. The van der Waals surface area contributed by atoms with Crippen LogP contribution in [0.2, 0.25) is 0 Å². The van der Waals surface area contributed by atoms with Crippen LogP contribution in [-0.4, -0.2) is 47.1 Å². The van der Waals surface area contributed by atoms with E-state index in [0.717, 1.165) is 19.4 Å². The first kappa shape index (κ1) is 13.0. The summed E-state index contributed by atoms with van der Waals surface area (Å²) in [6.07, 6.45) is 3.43. The van der Waals surface area contributed by atoms with Gasteiger partial charge in [-0.25, -0.2) is 0 Å². The Morgan fingerprint density at radius 1 is 1.50 bits per heavy atom. The van der Waals surface area contributed by atoms with Crippen molar-refractivity contribution in [3.8, 4) is 0 Å². The topological polar surface area (TPSA) is 69.6 Å². The molecule has 2 N–H and O–H groups in total. The maximum atomic E-state index is 11.7. The van der Waals surface area contributed by atoms with Gasteiger partial charge in [-0.2, -0.15) is 0 Å². The third-order valence-electron chi connectivity index (χ3n) is 3.15. The van der Waals surface area contributed by atoms with Gasteiger partial charge >= 0.3 is 5.97 Å². The van der Waals surface area contributed by atoms with Crippen molar-refractivity contribution in [1.29, 1.82) is 0 Å². The van der Waals surface area contributed by atoms with Gasteiger partial charge in [-0.1, -0.05) is 6.42 Å². The number of hydrogen-bond acceptors (Lipinski definition) is 3. The van der Waals surface area contributed by atoms with Crippen LogP contribution in [0.15, 0.2) is 0 Å². The van der Waals surface area contributed by atoms with E-state index >= 15 is 0 Å². The Morgan fingerprint density at radius 2 is 2.19 bits per heavy atom. The Balaban J connectivity index is 2.45. The summed E-state index contributed by atoms with van der Waals surface area (Å²) in [4.78, 5) is 24.2. The van der Waals surface area contributed by atoms with Crippen molar-refractivity contribution in [2.75, 3.05) is 13.1 Å². The van der Waals surface area contributed by atoms with E-state index in [2.05, 4.69) is 17.1 Å². The van der Waals surface area contributed by atoms with Gasteiger partial charge in [0.05, 0.1) is 6.04 Å². The number of likely N-dealkylation sites (tertiary alicyclic amines) is 1. The molecule has 0 aromatic heterocycles. The standard InChI is InChI=1S/C11H20N2O3/c1-8-5-3-4-6-13(8)9(2)11(16)12-7-10(14)15/h8-9H,3-7H2,1-2H3,(H,12,16)(H,14,15). The number of amides is 1. The Kier molecular flexibility index (Phi) is 4.73. The minimum absolute atomic E-state index is 0.198. The molecule has 5 nitrogen and oxygen atoms in total. The number of hydrogen-bond donors (Lipinski definition) is 2. The number of piperidine rings is 1. The van der Waals surface area contributed by atoms with Gasteiger partial charge in [0.1, 0.15) is 6.54 Å². The molecule has 0 aromatic rings. The van der Waals surface area contributed by atoms with Crippen LogP contribution in [0.25, 0.3) is 0 Å². The van der Waals surface area contributed by atoms with Gasteiger partial charge in [-0.3, -0.25) is 14.5 Å². The zero-order chi connectivity index (χ0) is 12.1. The van der Waals surface area contributed by atoms with E-state index in [-0.39, 0.29) is 18.5 Å². The Hall–Kier alpha value is -1.10. The zero-order valence-electron chi connectivity index (χ0n) is 9.90. The van der Waals surface area contributed by atoms with Crippen LogP contribution in [0.5, 0.6) is 0 Å². The first-order valence-corrected chi connectivity index (χ1v) is 5.77. The monoisotopic (exact) mass is 228 g/mol. The van der Waals surface area contributed by atoms with E-state index in [0.29, 0.717) is 6.04 Å². The first-order valence-electron chi connectivity index (χ1n) is 5.77. The molecule has 1 aliphatic heterocycles. The van der Waals surface area contributed by atoms with Crippen molar-refractivity contribution >= 4 is 11.9 Å². The molecule has 92 valence electrons. The largest absolute Gasteiger partial charge is 0.480 e. The highest BCUT2D eigenvalue weighted by Crippen LogP contribution is 2.18. The minimum Gasteiger partial charge on any atom is -0.480 e. The molecule has 1 rings (SSSR count). The molecule has 16 heavy (non-hydrogen) atoms. The van der Waals surface area contributed by atoms with Crippen molar-refractivity contribution in [3.05, 3.63) is 0 Å². The molecule has 0 saturated carbocycles. The van der Waals surface area contributed by atoms with Gasteiger partial charge in [0.2, 0.25) is 5.91 Å². The van der Waals surface area contributed by atoms with Crippen LogP contribution >= 0.6 is 0 Å². The van der Waals surface area contributed by atoms with E-state index in [1.807, 2.05) is 6.92 Å². The minimum atomic E-state index is -1.01. The highest BCUT2D eigenvalue weighted by Gasteiger charge is 2.27. The summed E-state index contributed by atoms with van der Waals surface area (Å²) in [5, 5.41) is 10.9. The van der Waals surface area contributed by atoms with Gasteiger partial charge in [-0.05, 0) is 33.2 Å². The third-order valence-corrected chi connectivity index (χ3v) is 3.15. The molecule has 1 aliphatic rings. The molecule has 1 heterocycles. The fourth-order valence-corrected chi connectivity index (χ4v) is 2.16. The van der Waals surface area contributed by atoms with Gasteiger partial charge in [0.25, 0.3) is 0 Å². The van der Waals surface area contributed by atoms with Crippen LogP contribution in [0.1, 0.15) is 33.1 Å². The quantitative estimate of drug-likeness (QED) is 0.733. The van der Waals surface area contributed by atoms with Crippen molar-refractivity contribution in [1.82, 2.24) is 10.2 Å². The number of rotatable bonds is 4. The molecule has 0 bridgehead atoms. The zero-order valence-corrected chi connectivity index (χ0v) is 9.90. The predicted octanol–water partition coefficient (Wildman–Crippen LogP) is 0.450. The normalized spacial score (nSPS) is 23.8. The van der Waals surface area contributed by atoms with Crippen molar-refractivity contribution in [3.63, 3.8) is 0 Å². The summed E-state index contributed by atoms with van der Waals surface area (Å²) in [5.74, 6) is -1.21. The van der Waals surface area contributed by atoms with Crippen LogP contribution in [0.3, 0.4) is 0 Å². The Labute approximate surface area is 95.8 Å². The molecule has 2 atom stereocenters. The second-order valence-corrected chi connectivity index (χ2v) is 4.37.